The predicted molar refractivity (Wildman–Crippen MR) is 98.3 cm³/mol. The summed E-state index contributed by atoms with van der Waals surface area (Å²) >= 11 is 0. The third-order valence-corrected chi connectivity index (χ3v) is 5.43. The molecule has 2 atom stereocenters. The lowest BCUT2D eigenvalue weighted by molar-refractivity contribution is -0.130. The molecule has 0 bridgehead atoms. The first-order valence-corrected chi connectivity index (χ1v) is 8.88. The number of amides is 1. The Morgan fingerprint density at radius 1 is 1.17 bits per heavy atom. The molecule has 0 unspecified atom stereocenters. The summed E-state index contributed by atoms with van der Waals surface area (Å²) < 4.78 is 5.39. The highest BCUT2D eigenvalue weighted by Gasteiger charge is 2.35. The Bertz CT molecular complexity index is 505. The second-order valence-electron chi connectivity index (χ2n) is 6.91. The molecule has 1 aromatic rings. The standard InChI is InChI=1S/C19H28N2O2.ClH/c20-12-17-13-21(14-18(17)16-4-2-1-3-5-16)19(22)7-6-15-8-10-23-11-9-15;/h1-5,15,17-18H,6-14,20H2;1H/t17-,18+;/m1./s1. The van der Waals surface area contributed by atoms with Gasteiger partial charge >= 0.3 is 0 Å². The highest BCUT2D eigenvalue weighted by molar-refractivity contribution is 5.85. The van der Waals surface area contributed by atoms with Gasteiger partial charge in [0.15, 0.2) is 0 Å². The van der Waals surface area contributed by atoms with Crippen molar-refractivity contribution < 1.29 is 9.53 Å². The number of nitrogens with two attached hydrogens (primary N) is 1. The van der Waals surface area contributed by atoms with Gasteiger partial charge in [-0.15, -0.1) is 12.4 Å². The Balaban J connectivity index is 0.00000208. The first-order chi connectivity index (χ1) is 11.3. The van der Waals surface area contributed by atoms with E-state index >= 15 is 0 Å². The zero-order chi connectivity index (χ0) is 16.1. The van der Waals surface area contributed by atoms with Gasteiger partial charge in [-0.2, -0.15) is 0 Å². The Hall–Kier alpha value is -1.10. The summed E-state index contributed by atoms with van der Waals surface area (Å²) in [5.74, 6) is 1.72. The molecule has 3 rings (SSSR count). The molecule has 0 radical (unpaired) electrons. The molecular formula is C19H29ClN2O2. The molecule has 4 nitrogen and oxygen atoms in total. The fraction of sp³-hybridized carbons (Fsp3) is 0.632. The highest BCUT2D eigenvalue weighted by atomic mass is 35.5. The number of rotatable bonds is 5. The van der Waals surface area contributed by atoms with Crippen LogP contribution >= 0.6 is 12.4 Å². The van der Waals surface area contributed by atoms with Crippen molar-refractivity contribution in [3.8, 4) is 0 Å². The molecule has 2 aliphatic heterocycles. The van der Waals surface area contributed by atoms with Gasteiger partial charge in [0.1, 0.15) is 0 Å². The van der Waals surface area contributed by atoms with Crippen molar-refractivity contribution in [3.63, 3.8) is 0 Å². The van der Waals surface area contributed by atoms with E-state index in [9.17, 15) is 4.79 Å². The summed E-state index contributed by atoms with van der Waals surface area (Å²) in [5, 5.41) is 0. The zero-order valence-electron chi connectivity index (χ0n) is 14.2. The number of benzene rings is 1. The van der Waals surface area contributed by atoms with E-state index < -0.39 is 0 Å². The maximum Gasteiger partial charge on any atom is 0.222 e. The molecule has 1 amide bonds. The average molecular weight is 353 g/mol. The fourth-order valence-electron chi connectivity index (χ4n) is 3.91. The molecule has 2 fully saturated rings. The van der Waals surface area contributed by atoms with E-state index in [1.807, 2.05) is 11.0 Å². The second-order valence-corrected chi connectivity index (χ2v) is 6.91. The van der Waals surface area contributed by atoms with Gasteiger partial charge in [0, 0.05) is 38.6 Å². The van der Waals surface area contributed by atoms with Crippen molar-refractivity contribution in [1.82, 2.24) is 4.90 Å². The molecule has 2 heterocycles. The number of ether oxygens (including phenoxy) is 1. The summed E-state index contributed by atoms with van der Waals surface area (Å²) in [6.07, 6.45) is 3.88. The number of likely N-dealkylation sites (tertiary alicyclic amines) is 1. The molecule has 5 heteroatoms. The number of hydrogen-bond donors (Lipinski definition) is 1. The van der Waals surface area contributed by atoms with Gasteiger partial charge in [-0.3, -0.25) is 4.79 Å². The summed E-state index contributed by atoms with van der Waals surface area (Å²) in [5.41, 5.74) is 7.27. The van der Waals surface area contributed by atoms with Crippen molar-refractivity contribution in [2.45, 2.75) is 31.6 Å². The lowest BCUT2D eigenvalue weighted by Gasteiger charge is -2.23. The van der Waals surface area contributed by atoms with E-state index in [1.165, 1.54) is 5.56 Å². The Labute approximate surface area is 151 Å². The van der Waals surface area contributed by atoms with Gasteiger partial charge < -0.3 is 15.4 Å². The quantitative estimate of drug-likeness (QED) is 0.886. The summed E-state index contributed by atoms with van der Waals surface area (Å²) in [4.78, 5) is 14.6. The van der Waals surface area contributed by atoms with Crippen LogP contribution in [0.4, 0.5) is 0 Å². The molecule has 1 aromatic carbocycles. The van der Waals surface area contributed by atoms with Crippen LogP contribution in [0, 0.1) is 11.8 Å². The minimum Gasteiger partial charge on any atom is -0.381 e. The van der Waals surface area contributed by atoms with Crippen molar-refractivity contribution in [2.75, 3.05) is 32.8 Å². The van der Waals surface area contributed by atoms with Crippen LogP contribution in [0.1, 0.15) is 37.2 Å². The van der Waals surface area contributed by atoms with Crippen LogP contribution in [-0.4, -0.2) is 43.7 Å². The number of carbonyl (C=O) groups is 1. The van der Waals surface area contributed by atoms with E-state index in [4.69, 9.17) is 10.5 Å². The first kappa shape index (κ1) is 19.2. The van der Waals surface area contributed by atoms with Gasteiger partial charge in [0.2, 0.25) is 5.91 Å². The lowest BCUT2D eigenvalue weighted by Crippen LogP contribution is -2.30. The third-order valence-electron chi connectivity index (χ3n) is 5.43. The predicted octanol–water partition coefficient (Wildman–Crippen LogP) is 2.82. The lowest BCUT2D eigenvalue weighted by atomic mass is 9.89. The van der Waals surface area contributed by atoms with Crippen LogP contribution in [0.2, 0.25) is 0 Å². The summed E-state index contributed by atoms with van der Waals surface area (Å²) in [6.45, 7) is 3.98. The highest BCUT2D eigenvalue weighted by Crippen LogP contribution is 2.32. The monoisotopic (exact) mass is 352 g/mol. The van der Waals surface area contributed by atoms with Crippen molar-refractivity contribution >= 4 is 18.3 Å². The molecule has 134 valence electrons. The number of hydrogen-bond acceptors (Lipinski definition) is 3. The molecule has 24 heavy (non-hydrogen) atoms. The largest absolute Gasteiger partial charge is 0.381 e. The molecule has 0 spiro atoms. The SMILES string of the molecule is Cl.NC[C@@H]1CN(C(=O)CCC2CCOCC2)C[C@H]1c1ccccc1. The molecule has 0 saturated carbocycles. The number of halogens is 1. The van der Waals surface area contributed by atoms with Crippen LogP contribution < -0.4 is 5.73 Å². The van der Waals surface area contributed by atoms with Crippen molar-refractivity contribution in [3.05, 3.63) is 35.9 Å². The minimum absolute atomic E-state index is 0. The summed E-state index contributed by atoms with van der Waals surface area (Å²) in [6, 6.07) is 10.5. The van der Waals surface area contributed by atoms with Gasteiger partial charge in [0.05, 0.1) is 0 Å². The number of nitrogens with zero attached hydrogens (tertiary/aromatic N) is 1. The van der Waals surface area contributed by atoms with Crippen molar-refractivity contribution in [1.29, 1.82) is 0 Å². The van der Waals surface area contributed by atoms with E-state index in [2.05, 4.69) is 24.3 Å². The van der Waals surface area contributed by atoms with E-state index in [-0.39, 0.29) is 12.4 Å². The molecule has 0 aliphatic carbocycles. The fourth-order valence-corrected chi connectivity index (χ4v) is 3.91. The van der Waals surface area contributed by atoms with Gasteiger partial charge in [-0.25, -0.2) is 0 Å². The minimum atomic E-state index is 0. The maximum atomic E-state index is 12.6. The average Bonchev–Trinajstić information content (AvgIpc) is 3.06. The molecule has 2 N–H and O–H groups in total. The van der Waals surface area contributed by atoms with Crippen LogP contribution in [-0.2, 0) is 9.53 Å². The van der Waals surface area contributed by atoms with Gasteiger partial charge in [0.25, 0.3) is 0 Å². The molecule has 2 saturated heterocycles. The van der Waals surface area contributed by atoms with Crippen LogP contribution in [0.3, 0.4) is 0 Å². The van der Waals surface area contributed by atoms with Crippen LogP contribution in [0.25, 0.3) is 0 Å². The van der Waals surface area contributed by atoms with Crippen molar-refractivity contribution in [2.24, 2.45) is 17.6 Å². The first-order valence-electron chi connectivity index (χ1n) is 8.88. The topological polar surface area (TPSA) is 55.6 Å². The van der Waals surface area contributed by atoms with Gasteiger partial charge in [-0.1, -0.05) is 30.3 Å². The normalized spacial score (nSPS) is 24.6. The summed E-state index contributed by atoms with van der Waals surface area (Å²) in [7, 11) is 0. The zero-order valence-corrected chi connectivity index (χ0v) is 15.0. The third kappa shape index (κ3) is 4.71. The van der Waals surface area contributed by atoms with E-state index in [0.717, 1.165) is 45.6 Å². The molecule has 2 aliphatic rings. The molecule has 0 aromatic heterocycles. The maximum absolute atomic E-state index is 12.6. The number of carbonyl (C=O) groups excluding carboxylic acids is 1. The van der Waals surface area contributed by atoms with E-state index in [1.54, 1.807) is 0 Å². The van der Waals surface area contributed by atoms with Gasteiger partial charge in [-0.05, 0) is 43.2 Å². The smallest absolute Gasteiger partial charge is 0.222 e. The Morgan fingerprint density at radius 2 is 1.88 bits per heavy atom. The van der Waals surface area contributed by atoms with Crippen LogP contribution in [0.5, 0.6) is 0 Å². The Kier molecular flexibility index (Phi) is 7.53. The molecular weight excluding hydrogens is 324 g/mol. The second kappa shape index (κ2) is 9.40. The van der Waals surface area contributed by atoms with E-state index in [0.29, 0.717) is 36.6 Å². The Morgan fingerprint density at radius 3 is 2.54 bits per heavy atom. The van der Waals surface area contributed by atoms with Crippen LogP contribution in [0.15, 0.2) is 30.3 Å².